The monoisotopic (exact) mass is 139 g/mol. The fraction of sp³-hybridized carbons (Fsp3) is 0.429. The Morgan fingerprint density at radius 1 is 1.67 bits per heavy atom. The van der Waals surface area contributed by atoms with Crippen LogP contribution in [0.5, 0.6) is 0 Å². The Morgan fingerprint density at radius 2 is 2.44 bits per heavy atom. The number of hydrogen-bond donors (Lipinski definition) is 1. The average Bonchev–Trinajstić information content (AvgIpc) is 2.44. The van der Waals surface area contributed by atoms with E-state index < -0.39 is 0 Å². The highest BCUT2D eigenvalue weighted by Crippen LogP contribution is 2.39. The first-order valence-electron chi connectivity index (χ1n) is 3.15. The zero-order chi connectivity index (χ0) is 6.27. The van der Waals surface area contributed by atoms with Gasteiger partial charge in [-0.2, -0.15) is 11.3 Å². The van der Waals surface area contributed by atoms with Gasteiger partial charge in [0.25, 0.3) is 0 Å². The predicted octanol–water partition coefficient (Wildman–Crippen LogP) is 1.56. The molecule has 0 unspecified atom stereocenters. The molecule has 0 saturated heterocycles. The van der Waals surface area contributed by atoms with Crippen molar-refractivity contribution < 1.29 is 0 Å². The summed E-state index contributed by atoms with van der Waals surface area (Å²) in [6.45, 7) is 0. The largest absolute Gasteiger partial charge is 0.327 e. The van der Waals surface area contributed by atoms with Gasteiger partial charge in [0.05, 0.1) is 0 Å². The minimum Gasteiger partial charge on any atom is -0.327 e. The third-order valence-corrected chi connectivity index (χ3v) is 2.51. The molecule has 2 N–H and O–H groups in total. The number of hydrogen-bond acceptors (Lipinski definition) is 2. The van der Waals surface area contributed by atoms with Gasteiger partial charge in [-0.1, -0.05) is 0 Å². The SMILES string of the molecule is N[C@@H]1C[C@H]1c1ccsc1. The smallest absolute Gasteiger partial charge is 0.0115 e. The molecule has 48 valence electrons. The van der Waals surface area contributed by atoms with Crippen LogP contribution < -0.4 is 5.73 Å². The molecule has 1 aliphatic carbocycles. The van der Waals surface area contributed by atoms with E-state index in [0.717, 1.165) is 0 Å². The van der Waals surface area contributed by atoms with Crippen molar-refractivity contribution in [3.63, 3.8) is 0 Å². The van der Waals surface area contributed by atoms with Crippen molar-refractivity contribution in [2.75, 3.05) is 0 Å². The highest BCUT2D eigenvalue weighted by molar-refractivity contribution is 7.08. The summed E-state index contributed by atoms with van der Waals surface area (Å²) in [7, 11) is 0. The van der Waals surface area contributed by atoms with Gasteiger partial charge in [-0.3, -0.25) is 0 Å². The van der Waals surface area contributed by atoms with Crippen molar-refractivity contribution in [3.8, 4) is 0 Å². The van der Waals surface area contributed by atoms with E-state index in [9.17, 15) is 0 Å². The molecule has 0 radical (unpaired) electrons. The van der Waals surface area contributed by atoms with E-state index in [4.69, 9.17) is 5.73 Å². The van der Waals surface area contributed by atoms with Gasteiger partial charge in [-0.15, -0.1) is 0 Å². The Hall–Kier alpha value is -0.340. The van der Waals surface area contributed by atoms with Crippen molar-refractivity contribution in [2.24, 2.45) is 5.73 Å². The second-order valence-corrected chi connectivity index (χ2v) is 3.34. The van der Waals surface area contributed by atoms with Crippen molar-refractivity contribution >= 4 is 11.3 Å². The minimum atomic E-state index is 0.458. The second kappa shape index (κ2) is 1.82. The molecule has 2 rings (SSSR count). The summed E-state index contributed by atoms with van der Waals surface area (Å²) in [5.41, 5.74) is 7.10. The van der Waals surface area contributed by atoms with Crippen LogP contribution in [0.3, 0.4) is 0 Å². The van der Waals surface area contributed by atoms with E-state index in [1.807, 2.05) is 0 Å². The molecular weight excluding hydrogens is 130 g/mol. The first kappa shape index (κ1) is 5.45. The lowest BCUT2D eigenvalue weighted by molar-refractivity contribution is 0.995. The van der Waals surface area contributed by atoms with Gasteiger partial charge in [0.15, 0.2) is 0 Å². The van der Waals surface area contributed by atoms with Gasteiger partial charge in [0.2, 0.25) is 0 Å². The van der Waals surface area contributed by atoms with Crippen molar-refractivity contribution in [2.45, 2.75) is 18.4 Å². The summed E-state index contributed by atoms with van der Waals surface area (Å²) in [6, 6.07) is 2.63. The van der Waals surface area contributed by atoms with Crippen LogP contribution in [-0.4, -0.2) is 6.04 Å². The van der Waals surface area contributed by atoms with E-state index in [1.165, 1.54) is 12.0 Å². The third kappa shape index (κ3) is 0.884. The average molecular weight is 139 g/mol. The summed E-state index contributed by atoms with van der Waals surface area (Å²) in [5, 5.41) is 4.30. The van der Waals surface area contributed by atoms with Crippen LogP contribution in [0.15, 0.2) is 16.8 Å². The first-order valence-corrected chi connectivity index (χ1v) is 4.10. The molecule has 1 fully saturated rings. The van der Waals surface area contributed by atoms with Crippen molar-refractivity contribution in [1.29, 1.82) is 0 Å². The van der Waals surface area contributed by atoms with Crippen molar-refractivity contribution in [1.82, 2.24) is 0 Å². The zero-order valence-corrected chi connectivity index (χ0v) is 5.90. The summed E-state index contributed by atoms with van der Waals surface area (Å²) in [5.74, 6) is 0.691. The summed E-state index contributed by atoms with van der Waals surface area (Å²) in [6.07, 6.45) is 1.19. The van der Waals surface area contributed by atoms with E-state index in [1.54, 1.807) is 11.3 Å². The Bertz CT molecular complexity index is 193. The lowest BCUT2D eigenvalue weighted by Gasteiger charge is -1.86. The lowest BCUT2D eigenvalue weighted by Crippen LogP contribution is -1.99. The first-order chi connectivity index (χ1) is 4.38. The molecule has 0 aliphatic heterocycles. The van der Waals surface area contributed by atoms with Crippen molar-refractivity contribution in [3.05, 3.63) is 22.4 Å². The summed E-state index contributed by atoms with van der Waals surface area (Å²) >= 11 is 1.75. The van der Waals surface area contributed by atoms with Crippen LogP contribution in [0.1, 0.15) is 17.9 Å². The molecule has 0 bridgehead atoms. The molecule has 2 atom stereocenters. The van der Waals surface area contributed by atoms with E-state index in [0.29, 0.717) is 12.0 Å². The molecule has 0 spiro atoms. The Balaban J connectivity index is 2.18. The van der Waals surface area contributed by atoms with Gasteiger partial charge < -0.3 is 5.73 Å². The molecule has 1 aromatic rings. The van der Waals surface area contributed by atoms with Crippen LogP contribution in [-0.2, 0) is 0 Å². The van der Waals surface area contributed by atoms with Crippen LogP contribution >= 0.6 is 11.3 Å². The molecule has 1 aliphatic rings. The van der Waals surface area contributed by atoms with Gasteiger partial charge in [0, 0.05) is 12.0 Å². The molecule has 9 heavy (non-hydrogen) atoms. The molecule has 1 heterocycles. The van der Waals surface area contributed by atoms with Crippen LogP contribution in [0.25, 0.3) is 0 Å². The fourth-order valence-electron chi connectivity index (χ4n) is 1.08. The van der Waals surface area contributed by atoms with Gasteiger partial charge >= 0.3 is 0 Å². The topological polar surface area (TPSA) is 26.0 Å². The van der Waals surface area contributed by atoms with E-state index in [2.05, 4.69) is 16.8 Å². The summed E-state index contributed by atoms with van der Waals surface area (Å²) in [4.78, 5) is 0. The fourth-order valence-corrected chi connectivity index (χ4v) is 1.81. The number of rotatable bonds is 1. The number of nitrogens with two attached hydrogens (primary N) is 1. The van der Waals surface area contributed by atoms with Crippen LogP contribution in [0.2, 0.25) is 0 Å². The Labute approximate surface area is 58.5 Å². The third-order valence-electron chi connectivity index (χ3n) is 1.81. The normalized spacial score (nSPS) is 32.6. The summed E-state index contributed by atoms with van der Waals surface area (Å²) < 4.78 is 0. The maximum Gasteiger partial charge on any atom is 0.0115 e. The van der Waals surface area contributed by atoms with Gasteiger partial charge in [-0.05, 0) is 28.8 Å². The minimum absolute atomic E-state index is 0.458. The lowest BCUT2D eigenvalue weighted by atomic mass is 10.2. The Morgan fingerprint density at radius 3 is 2.89 bits per heavy atom. The maximum atomic E-state index is 5.66. The molecule has 1 aromatic heterocycles. The standard InChI is InChI=1S/C7H9NS/c8-7-3-6(7)5-1-2-9-4-5/h1-2,4,6-7H,3,8H2/t6-,7+/m0/s1. The number of thiophene rings is 1. The van der Waals surface area contributed by atoms with Crippen LogP contribution in [0, 0.1) is 0 Å². The zero-order valence-electron chi connectivity index (χ0n) is 5.08. The van der Waals surface area contributed by atoms with E-state index >= 15 is 0 Å². The Kier molecular flexibility index (Phi) is 1.10. The highest BCUT2D eigenvalue weighted by Gasteiger charge is 2.34. The van der Waals surface area contributed by atoms with Gasteiger partial charge in [0.1, 0.15) is 0 Å². The molecule has 2 heteroatoms. The van der Waals surface area contributed by atoms with E-state index in [-0.39, 0.29) is 0 Å². The second-order valence-electron chi connectivity index (χ2n) is 2.56. The predicted molar refractivity (Wildman–Crippen MR) is 39.7 cm³/mol. The quantitative estimate of drug-likeness (QED) is 0.628. The molecule has 1 nitrogen and oxygen atoms in total. The molecule has 1 saturated carbocycles. The highest BCUT2D eigenvalue weighted by atomic mass is 32.1. The molecular formula is C7H9NS. The molecule has 0 aromatic carbocycles. The van der Waals surface area contributed by atoms with Crippen LogP contribution in [0.4, 0.5) is 0 Å². The maximum absolute atomic E-state index is 5.66. The van der Waals surface area contributed by atoms with Gasteiger partial charge in [-0.25, -0.2) is 0 Å². The molecule has 0 amide bonds.